The second kappa shape index (κ2) is 6.62. The van der Waals surface area contributed by atoms with Gasteiger partial charge in [0.05, 0.1) is 31.0 Å². The van der Waals surface area contributed by atoms with Crippen molar-refractivity contribution in [2.75, 3.05) is 19.5 Å². The van der Waals surface area contributed by atoms with E-state index >= 15 is 0 Å². The van der Waals surface area contributed by atoms with Crippen LogP contribution in [-0.2, 0) is 9.47 Å². The Hall–Kier alpha value is -3.02. The molecule has 0 radical (unpaired) electrons. The van der Waals surface area contributed by atoms with E-state index in [0.29, 0.717) is 22.5 Å². The Kier molecular flexibility index (Phi) is 4.63. The number of benzene rings is 2. The summed E-state index contributed by atoms with van der Waals surface area (Å²) in [5, 5.41) is 12.8. The molecule has 0 amide bonds. The van der Waals surface area contributed by atoms with Crippen molar-refractivity contribution in [2.24, 2.45) is 0 Å². The summed E-state index contributed by atoms with van der Waals surface area (Å²) in [5.41, 5.74) is 1.56. The van der Waals surface area contributed by atoms with Crippen LogP contribution in [0.4, 0.5) is 11.4 Å². The highest BCUT2D eigenvalue weighted by molar-refractivity contribution is 5.92. The van der Waals surface area contributed by atoms with Gasteiger partial charge in [-0.1, -0.05) is 6.07 Å². The fourth-order valence-electron chi connectivity index (χ4n) is 1.88. The van der Waals surface area contributed by atoms with Gasteiger partial charge in [-0.15, -0.1) is 0 Å². The van der Waals surface area contributed by atoms with Gasteiger partial charge in [0.15, 0.2) is 0 Å². The number of carbonyl (C=O) groups excluding carboxylic acids is 2. The van der Waals surface area contributed by atoms with Gasteiger partial charge in [0.1, 0.15) is 5.75 Å². The minimum absolute atomic E-state index is 0.0314. The predicted octanol–water partition coefficient (Wildman–Crippen LogP) is 2.71. The van der Waals surface area contributed by atoms with E-state index in [4.69, 9.17) is 0 Å². The Balaban J connectivity index is 2.30. The average molecular weight is 301 g/mol. The van der Waals surface area contributed by atoms with Crippen LogP contribution in [0.15, 0.2) is 42.5 Å². The second-order valence-electron chi connectivity index (χ2n) is 4.42. The summed E-state index contributed by atoms with van der Waals surface area (Å²) in [6.07, 6.45) is 0. The van der Waals surface area contributed by atoms with Crippen LogP contribution in [0.2, 0.25) is 0 Å². The van der Waals surface area contributed by atoms with Crippen LogP contribution in [0, 0.1) is 0 Å². The van der Waals surface area contributed by atoms with Crippen LogP contribution in [0.25, 0.3) is 0 Å². The molecule has 6 heteroatoms. The first-order valence-corrected chi connectivity index (χ1v) is 6.42. The number of carbonyl (C=O) groups is 2. The normalized spacial score (nSPS) is 9.91. The van der Waals surface area contributed by atoms with E-state index in [1.54, 1.807) is 24.3 Å². The van der Waals surface area contributed by atoms with Crippen molar-refractivity contribution in [3.8, 4) is 5.75 Å². The van der Waals surface area contributed by atoms with Crippen molar-refractivity contribution in [1.29, 1.82) is 0 Å². The first-order chi connectivity index (χ1) is 10.5. The first kappa shape index (κ1) is 15.4. The molecular weight excluding hydrogens is 286 g/mol. The number of rotatable bonds is 4. The molecular formula is C16H15NO5. The molecule has 0 aliphatic heterocycles. The Bertz CT molecular complexity index is 711. The van der Waals surface area contributed by atoms with Crippen LogP contribution >= 0.6 is 0 Å². The maximum absolute atomic E-state index is 11.5. The number of anilines is 2. The number of esters is 2. The largest absolute Gasteiger partial charge is 0.506 e. The molecule has 0 aliphatic carbocycles. The Morgan fingerprint density at radius 2 is 1.59 bits per heavy atom. The number of hydrogen-bond donors (Lipinski definition) is 2. The van der Waals surface area contributed by atoms with Crippen LogP contribution in [-0.4, -0.2) is 31.3 Å². The van der Waals surface area contributed by atoms with Gasteiger partial charge in [-0.3, -0.25) is 0 Å². The maximum Gasteiger partial charge on any atom is 0.337 e. The van der Waals surface area contributed by atoms with Crippen molar-refractivity contribution in [3.63, 3.8) is 0 Å². The molecule has 6 nitrogen and oxygen atoms in total. The van der Waals surface area contributed by atoms with Crippen LogP contribution in [0.3, 0.4) is 0 Å². The highest BCUT2D eigenvalue weighted by Gasteiger charge is 2.11. The lowest BCUT2D eigenvalue weighted by atomic mass is 10.1. The summed E-state index contributed by atoms with van der Waals surface area (Å²) in [4.78, 5) is 23.0. The molecule has 0 aliphatic rings. The van der Waals surface area contributed by atoms with Gasteiger partial charge in [-0.05, 0) is 36.4 Å². The summed E-state index contributed by atoms with van der Waals surface area (Å²) in [6.45, 7) is 0. The Morgan fingerprint density at radius 3 is 2.23 bits per heavy atom. The molecule has 2 aromatic carbocycles. The molecule has 114 valence electrons. The number of nitrogens with one attached hydrogen (secondary N) is 1. The van der Waals surface area contributed by atoms with E-state index in [1.807, 2.05) is 0 Å². The summed E-state index contributed by atoms with van der Waals surface area (Å²) >= 11 is 0. The second-order valence-corrected chi connectivity index (χ2v) is 4.42. The van der Waals surface area contributed by atoms with E-state index in [0.717, 1.165) is 0 Å². The van der Waals surface area contributed by atoms with Crippen LogP contribution < -0.4 is 5.32 Å². The van der Waals surface area contributed by atoms with Gasteiger partial charge in [-0.2, -0.15) is 0 Å². The fourth-order valence-corrected chi connectivity index (χ4v) is 1.88. The molecule has 0 saturated carbocycles. The Labute approximate surface area is 127 Å². The fraction of sp³-hybridized carbons (Fsp3) is 0.125. The molecule has 2 N–H and O–H groups in total. The van der Waals surface area contributed by atoms with Gasteiger partial charge in [0.2, 0.25) is 0 Å². The number of aromatic hydroxyl groups is 1. The zero-order chi connectivity index (χ0) is 16.1. The Morgan fingerprint density at radius 1 is 0.955 bits per heavy atom. The lowest BCUT2D eigenvalue weighted by molar-refractivity contribution is 0.0592. The van der Waals surface area contributed by atoms with Gasteiger partial charge < -0.3 is 19.9 Å². The smallest absolute Gasteiger partial charge is 0.337 e. The lowest BCUT2D eigenvalue weighted by Gasteiger charge is -2.11. The van der Waals surface area contributed by atoms with Gasteiger partial charge in [0.25, 0.3) is 0 Å². The number of methoxy groups -OCH3 is 2. The molecule has 2 aromatic rings. The molecule has 0 saturated heterocycles. The highest BCUT2D eigenvalue weighted by atomic mass is 16.5. The quantitative estimate of drug-likeness (QED) is 0.667. The van der Waals surface area contributed by atoms with Crippen molar-refractivity contribution in [1.82, 2.24) is 0 Å². The molecule has 0 fully saturated rings. The molecule has 22 heavy (non-hydrogen) atoms. The van der Waals surface area contributed by atoms with E-state index < -0.39 is 11.9 Å². The van der Waals surface area contributed by atoms with Crippen LogP contribution in [0.1, 0.15) is 20.7 Å². The van der Waals surface area contributed by atoms with Gasteiger partial charge in [-0.25, -0.2) is 9.59 Å². The monoisotopic (exact) mass is 301 g/mol. The zero-order valence-corrected chi connectivity index (χ0v) is 12.1. The van der Waals surface area contributed by atoms with Gasteiger partial charge in [0, 0.05) is 5.69 Å². The van der Waals surface area contributed by atoms with E-state index in [1.165, 1.54) is 32.4 Å². The maximum atomic E-state index is 11.5. The third-order valence-corrected chi connectivity index (χ3v) is 2.98. The topological polar surface area (TPSA) is 84.9 Å². The summed E-state index contributed by atoms with van der Waals surface area (Å²) in [5.74, 6) is -1.00. The molecule has 0 bridgehead atoms. The molecule has 2 rings (SSSR count). The molecule has 0 atom stereocenters. The average Bonchev–Trinajstić information content (AvgIpc) is 2.55. The van der Waals surface area contributed by atoms with Crippen molar-refractivity contribution in [2.45, 2.75) is 0 Å². The number of hydrogen-bond acceptors (Lipinski definition) is 6. The number of phenolic OH excluding ortho intramolecular Hbond substituents is 1. The van der Waals surface area contributed by atoms with Crippen molar-refractivity contribution >= 4 is 23.3 Å². The highest BCUT2D eigenvalue weighted by Crippen LogP contribution is 2.28. The lowest BCUT2D eigenvalue weighted by Crippen LogP contribution is -2.03. The molecule has 0 heterocycles. The number of ether oxygens (including phenoxy) is 2. The molecule has 0 spiro atoms. The SMILES string of the molecule is COC(=O)c1cccc(Nc2cc(C(=O)OC)ccc2O)c1. The van der Waals surface area contributed by atoms with Crippen LogP contribution in [0.5, 0.6) is 5.75 Å². The minimum atomic E-state index is -0.508. The van der Waals surface area contributed by atoms with E-state index in [2.05, 4.69) is 14.8 Å². The molecule has 0 unspecified atom stereocenters. The predicted molar refractivity (Wildman–Crippen MR) is 80.5 cm³/mol. The molecule has 0 aromatic heterocycles. The summed E-state index contributed by atoms with van der Waals surface area (Å²) < 4.78 is 9.29. The first-order valence-electron chi connectivity index (χ1n) is 6.42. The summed E-state index contributed by atoms with van der Waals surface area (Å²) in [6, 6.07) is 10.9. The number of phenols is 1. The van der Waals surface area contributed by atoms with E-state index in [-0.39, 0.29) is 5.75 Å². The zero-order valence-electron chi connectivity index (χ0n) is 12.1. The van der Waals surface area contributed by atoms with Crippen molar-refractivity contribution < 1.29 is 24.2 Å². The minimum Gasteiger partial charge on any atom is -0.506 e. The third kappa shape index (κ3) is 3.35. The summed E-state index contributed by atoms with van der Waals surface area (Å²) in [7, 11) is 2.58. The third-order valence-electron chi connectivity index (χ3n) is 2.98. The van der Waals surface area contributed by atoms with Gasteiger partial charge >= 0.3 is 11.9 Å². The van der Waals surface area contributed by atoms with Crippen molar-refractivity contribution in [3.05, 3.63) is 53.6 Å². The van der Waals surface area contributed by atoms with E-state index in [9.17, 15) is 14.7 Å². The standard InChI is InChI=1S/C16H15NO5/c1-21-15(19)10-4-3-5-12(8-10)17-13-9-11(16(20)22-2)6-7-14(13)18/h3-9,17-18H,1-2H3.